The van der Waals surface area contributed by atoms with E-state index in [0.717, 1.165) is 65.9 Å². The van der Waals surface area contributed by atoms with Crippen LogP contribution in [0.3, 0.4) is 0 Å². The number of nitrogens with zero attached hydrogens (tertiary/aromatic N) is 4. The Morgan fingerprint density at radius 2 is 0.905 bits per heavy atom. The molecule has 0 N–H and O–H groups in total. The van der Waals surface area contributed by atoms with E-state index >= 15 is 0 Å². The lowest BCUT2D eigenvalue weighted by atomic mass is 9.91. The largest absolute Gasteiger partial charge is 0.342 e. The van der Waals surface area contributed by atoms with Crippen molar-refractivity contribution in [2.24, 2.45) is 0 Å². The highest BCUT2D eigenvalue weighted by Gasteiger charge is 2.28. The molecular weight excluding hydrogens is 512 g/mol. The van der Waals surface area contributed by atoms with Crippen molar-refractivity contribution in [3.05, 3.63) is 85.5 Å². The Balaban J connectivity index is 1.82. The van der Waals surface area contributed by atoms with Gasteiger partial charge in [0.2, 0.25) is 0 Å². The molecule has 0 radical (unpaired) electrons. The lowest BCUT2D eigenvalue weighted by Crippen LogP contribution is -2.00. The van der Waals surface area contributed by atoms with Crippen LogP contribution in [0, 0.1) is 49.4 Å². The molecule has 0 saturated heterocycles. The minimum atomic E-state index is 0.425. The third-order valence-electron chi connectivity index (χ3n) is 8.04. The lowest BCUT2D eigenvalue weighted by Gasteiger charge is -2.16. The topological polar surface area (TPSA) is 19.7 Å². The van der Waals surface area contributed by atoms with E-state index in [9.17, 15) is 0 Å². The molecule has 7 rings (SSSR count). The maximum Gasteiger partial charge on any atom is 0.0841 e. The van der Waals surface area contributed by atoms with Crippen molar-refractivity contribution in [3.8, 4) is 71.6 Å². The summed E-state index contributed by atoms with van der Waals surface area (Å²) in [4.78, 5) is 0. The zero-order chi connectivity index (χ0) is 28.8. The SMILES string of the molecule is C#CCn1ccc(-c2c3c4ccccc4n(CC#C)c3c(-c3ccn(CC#C)c3)c3c4ccccc4n(CC#C)c23)c1. The third kappa shape index (κ3) is 3.57. The van der Waals surface area contributed by atoms with Crippen LogP contribution in [0.15, 0.2) is 85.5 Å². The molecule has 0 atom stereocenters. The number of hydrogen-bond donors (Lipinski definition) is 0. The summed E-state index contributed by atoms with van der Waals surface area (Å²) in [6.45, 7) is 1.82. The second kappa shape index (κ2) is 9.91. The number of hydrogen-bond acceptors (Lipinski definition) is 0. The van der Waals surface area contributed by atoms with Crippen LogP contribution >= 0.6 is 0 Å². The van der Waals surface area contributed by atoms with Crippen LogP contribution < -0.4 is 0 Å². The average Bonchev–Trinajstić information content (AvgIpc) is 3.79. The fraction of sp³-hybridized carbons (Fsp3) is 0.105. The van der Waals surface area contributed by atoms with E-state index in [0.29, 0.717) is 26.2 Å². The van der Waals surface area contributed by atoms with Gasteiger partial charge in [0.1, 0.15) is 0 Å². The van der Waals surface area contributed by atoms with E-state index in [-0.39, 0.29) is 0 Å². The Hall–Kier alpha value is -5.94. The summed E-state index contributed by atoms with van der Waals surface area (Å²) in [5, 5.41) is 4.53. The van der Waals surface area contributed by atoms with Crippen molar-refractivity contribution >= 4 is 43.6 Å². The van der Waals surface area contributed by atoms with Crippen molar-refractivity contribution in [2.75, 3.05) is 0 Å². The molecule has 4 aromatic heterocycles. The second-order valence-corrected chi connectivity index (χ2v) is 10.4. The molecule has 0 bridgehead atoms. The quantitative estimate of drug-likeness (QED) is 0.197. The zero-order valence-electron chi connectivity index (χ0n) is 23.0. The standard InChI is InChI=1S/C38H26N4/c1-5-19-39-23-17-27(25-39)33-35-29-13-9-11-15-31(29)42(22-8-4)38(35)34(28-18-24-40(26-28)20-6-2)36-30-14-10-12-16-32(30)41(21-7-3)37(33)36/h1-4,9-18,23-26H,19-22H2. The highest BCUT2D eigenvalue weighted by atomic mass is 15.0. The number of benzene rings is 3. The first kappa shape index (κ1) is 25.1. The van der Waals surface area contributed by atoms with Gasteiger partial charge in [-0.3, -0.25) is 0 Å². The van der Waals surface area contributed by atoms with Gasteiger partial charge in [-0.05, 0) is 24.3 Å². The van der Waals surface area contributed by atoms with Crippen molar-refractivity contribution in [1.29, 1.82) is 0 Å². The molecule has 0 fully saturated rings. The molecular formula is C38H26N4. The number of aromatic nitrogens is 4. The number of rotatable bonds is 6. The molecule has 42 heavy (non-hydrogen) atoms. The Morgan fingerprint density at radius 1 is 0.500 bits per heavy atom. The van der Waals surface area contributed by atoms with Gasteiger partial charge < -0.3 is 18.3 Å². The first-order valence-electron chi connectivity index (χ1n) is 13.7. The minimum Gasteiger partial charge on any atom is -0.342 e. The first-order valence-corrected chi connectivity index (χ1v) is 13.7. The van der Waals surface area contributed by atoms with Crippen LogP contribution in [0.2, 0.25) is 0 Å². The maximum atomic E-state index is 6.02. The summed E-state index contributed by atoms with van der Waals surface area (Å²) >= 11 is 0. The van der Waals surface area contributed by atoms with Crippen LogP contribution in [0.4, 0.5) is 0 Å². The van der Waals surface area contributed by atoms with Crippen LogP contribution in [-0.4, -0.2) is 18.3 Å². The highest BCUT2D eigenvalue weighted by molar-refractivity contribution is 6.32. The van der Waals surface area contributed by atoms with Gasteiger partial charge >= 0.3 is 0 Å². The van der Waals surface area contributed by atoms with Crippen LogP contribution in [0.5, 0.6) is 0 Å². The fourth-order valence-corrected chi connectivity index (χ4v) is 6.53. The molecule has 0 aliphatic rings. The first-order chi connectivity index (χ1) is 20.7. The van der Waals surface area contributed by atoms with Crippen molar-refractivity contribution in [1.82, 2.24) is 18.3 Å². The van der Waals surface area contributed by atoms with E-state index in [1.807, 2.05) is 21.5 Å². The number of fused-ring (bicyclic) bond motifs is 6. The summed E-state index contributed by atoms with van der Waals surface area (Å²) in [6.07, 6.45) is 31.8. The van der Waals surface area contributed by atoms with E-state index in [1.54, 1.807) is 0 Å². The Morgan fingerprint density at radius 3 is 1.31 bits per heavy atom. The van der Waals surface area contributed by atoms with Gasteiger partial charge in [0.15, 0.2) is 0 Å². The van der Waals surface area contributed by atoms with Gasteiger partial charge in [0.05, 0.1) is 48.2 Å². The van der Waals surface area contributed by atoms with Crippen molar-refractivity contribution in [3.63, 3.8) is 0 Å². The van der Waals surface area contributed by atoms with E-state index in [4.69, 9.17) is 25.7 Å². The molecule has 0 amide bonds. The Labute approximate surface area is 244 Å². The fourth-order valence-electron chi connectivity index (χ4n) is 6.53. The van der Waals surface area contributed by atoms with E-state index in [2.05, 4.69) is 106 Å². The third-order valence-corrected chi connectivity index (χ3v) is 8.04. The van der Waals surface area contributed by atoms with Gasteiger partial charge in [-0.2, -0.15) is 0 Å². The molecule has 3 aromatic carbocycles. The minimum absolute atomic E-state index is 0.425. The van der Waals surface area contributed by atoms with Crippen molar-refractivity contribution < 1.29 is 0 Å². The lowest BCUT2D eigenvalue weighted by molar-refractivity contribution is 0.852. The predicted molar refractivity (Wildman–Crippen MR) is 175 cm³/mol. The predicted octanol–water partition coefficient (Wildman–Crippen LogP) is 7.37. The highest BCUT2D eigenvalue weighted by Crippen LogP contribution is 2.50. The molecule has 4 nitrogen and oxygen atoms in total. The summed E-state index contributed by atoms with van der Waals surface area (Å²) in [5.74, 6) is 11.4. The summed E-state index contributed by atoms with van der Waals surface area (Å²) in [5.41, 5.74) is 8.70. The van der Waals surface area contributed by atoms with Gasteiger partial charge in [-0.1, -0.05) is 60.1 Å². The molecule has 4 heterocycles. The van der Waals surface area contributed by atoms with Gasteiger partial charge in [-0.15, -0.1) is 25.7 Å². The van der Waals surface area contributed by atoms with Crippen LogP contribution in [-0.2, 0) is 26.2 Å². The summed E-state index contributed by atoms with van der Waals surface area (Å²) in [6, 6.07) is 21.2. The normalized spacial score (nSPS) is 11.1. The molecule has 0 aliphatic heterocycles. The van der Waals surface area contributed by atoms with Gasteiger partial charge in [-0.25, -0.2) is 0 Å². The van der Waals surface area contributed by atoms with Gasteiger partial charge in [0.25, 0.3) is 0 Å². The summed E-state index contributed by atoms with van der Waals surface area (Å²) in [7, 11) is 0. The Bertz CT molecular complexity index is 2180. The molecule has 0 aliphatic carbocycles. The Kier molecular flexibility index (Phi) is 5.91. The van der Waals surface area contributed by atoms with Crippen LogP contribution in [0.25, 0.3) is 65.9 Å². The molecule has 0 spiro atoms. The molecule has 0 saturated carbocycles. The monoisotopic (exact) mass is 538 g/mol. The van der Waals surface area contributed by atoms with E-state index < -0.39 is 0 Å². The maximum absolute atomic E-state index is 6.02. The van der Waals surface area contributed by atoms with Crippen LogP contribution in [0.1, 0.15) is 0 Å². The molecule has 7 aromatic rings. The number of para-hydroxylation sites is 2. The average molecular weight is 539 g/mol. The molecule has 4 heteroatoms. The second-order valence-electron chi connectivity index (χ2n) is 10.4. The molecule has 0 unspecified atom stereocenters. The smallest absolute Gasteiger partial charge is 0.0841 e. The van der Waals surface area contributed by atoms with Gasteiger partial charge in [0, 0.05) is 68.6 Å². The van der Waals surface area contributed by atoms with Crippen molar-refractivity contribution in [2.45, 2.75) is 26.2 Å². The number of terminal acetylenes is 4. The van der Waals surface area contributed by atoms with E-state index in [1.165, 1.54) is 0 Å². The zero-order valence-corrected chi connectivity index (χ0v) is 23.0. The molecule has 198 valence electrons. The summed E-state index contributed by atoms with van der Waals surface area (Å²) < 4.78 is 8.62.